The zero-order chi connectivity index (χ0) is 24.8. The number of hydrogen-bond donors (Lipinski definition) is 5. The fourth-order valence-corrected chi connectivity index (χ4v) is 4.10. The van der Waals surface area contributed by atoms with Gasteiger partial charge in [-0.25, -0.2) is 13.6 Å². The maximum atomic E-state index is 11.3. The molecule has 6 N–H and O–H groups in total. The van der Waals surface area contributed by atoms with Crippen molar-refractivity contribution in [1.29, 1.82) is 0 Å². The summed E-state index contributed by atoms with van der Waals surface area (Å²) in [7, 11) is -3.63. The van der Waals surface area contributed by atoms with Gasteiger partial charge >= 0.3 is 0 Å². The number of benzene rings is 2. The largest absolute Gasteiger partial charge is 0.508 e. The smallest absolute Gasteiger partial charge is 0.238 e. The number of rotatable bonds is 17. The topological polar surface area (TPSA) is 142 Å². The highest BCUT2D eigenvalue weighted by molar-refractivity contribution is 7.89. The molecular weight excluding hydrogens is 456 g/mol. The fourth-order valence-electron chi connectivity index (χ4n) is 3.58. The van der Waals surface area contributed by atoms with E-state index in [1.54, 1.807) is 36.4 Å². The van der Waals surface area contributed by atoms with Gasteiger partial charge in [0.1, 0.15) is 5.75 Å². The van der Waals surface area contributed by atoms with E-state index in [0.717, 1.165) is 70.3 Å². The number of aliphatic hydroxyl groups excluding tert-OH is 2. The van der Waals surface area contributed by atoms with Gasteiger partial charge < -0.3 is 25.4 Å². The lowest BCUT2D eigenvalue weighted by molar-refractivity contribution is 0.126. The molecule has 0 bridgehead atoms. The molecule has 0 radical (unpaired) electrons. The van der Waals surface area contributed by atoms with Crippen LogP contribution in [0.3, 0.4) is 0 Å². The predicted octanol–water partition coefficient (Wildman–Crippen LogP) is 2.75. The Morgan fingerprint density at radius 2 is 1.62 bits per heavy atom. The molecule has 0 aliphatic rings. The van der Waals surface area contributed by atoms with Crippen molar-refractivity contribution in [2.24, 2.45) is 5.14 Å². The molecule has 34 heavy (non-hydrogen) atoms. The second-order valence-electron chi connectivity index (χ2n) is 8.44. The SMILES string of the molecule is NS(=O)(=O)c1ccc(CCCCOCCCCCCNC[C@@H](O)c2ccc(O)c(CO)c2)cc1. The molecule has 0 aliphatic heterocycles. The molecule has 8 nitrogen and oxygen atoms in total. The van der Waals surface area contributed by atoms with E-state index >= 15 is 0 Å². The molecule has 0 unspecified atom stereocenters. The van der Waals surface area contributed by atoms with Gasteiger partial charge in [0.2, 0.25) is 10.0 Å². The number of unbranched alkanes of at least 4 members (excludes halogenated alkanes) is 4. The van der Waals surface area contributed by atoms with Crippen LogP contribution in [0.25, 0.3) is 0 Å². The van der Waals surface area contributed by atoms with Crippen molar-refractivity contribution in [1.82, 2.24) is 5.32 Å². The average Bonchev–Trinajstić information content (AvgIpc) is 2.82. The van der Waals surface area contributed by atoms with Crippen molar-refractivity contribution in [3.8, 4) is 5.75 Å². The Labute approximate surface area is 202 Å². The van der Waals surface area contributed by atoms with Gasteiger partial charge in [0.05, 0.1) is 17.6 Å². The van der Waals surface area contributed by atoms with Crippen LogP contribution in [0.4, 0.5) is 0 Å². The van der Waals surface area contributed by atoms with Crippen LogP contribution in [0.5, 0.6) is 5.75 Å². The molecule has 0 spiro atoms. The number of nitrogens with one attached hydrogen (secondary N) is 1. The van der Waals surface area contributed by atoms with Crippen LogP contribution in [0, 0.1) is 0 Å². The van der Waals surface area contributed by atoms with E-state index < -0.39 is 16.1 Å². The molecule has 190 valence electrons. The Bertz CT molecular complexity index is 950. The van der Waals surface area contributed by atoms with E-state index in [4.69, 9.17) is 9.88 Å². The molecule has 2 aromatic rings. The number of nitrogens with two attached hydrogens (primary N) is 1. The van der Waals surface area contributed by atoms with E-state index in [1.165, 1.54) is 6.07 Å². The Morgan fingerprint density at radius 1 is 0.941 bits per heavy atom. The first kappa shape index (κ1) is 28.2. The van der Waals surface area contributed by atoms with Gasteiger partial charge in [-0.05, 0) is 74.0 Å². The summed E-state index contributed by atoms with van der Waals surface area (Å²) in [5.74, 6) is 0.0328. The normalized spacial score (nSPS) is 12.7. The second-order valence-corrected chi connectivity index (χ2v) is 10.0. The summed E-state index contributed by atoms with van der Waals surface area (Å²) >= 11 is 0. The van der Waals surface area contributed by atoms with Crippen LogP contribution in [-0.2, 0) is 27.8 Å². The number of aryl methyl sites for hydroxylation is 1. The van der Waals surface area contributed by atoms with Gasteiger partial charge in [0.15, 0.2) is 0 Å². The van der Waals surface area contributed by atoms with Crippen molar-refractivity contribution in [3.63, 3.8) is 0 Å². The lowest BCUT2D eigenvalue weighted by atomic mass is 10.1. The molecule has 0 saturated heterocycles. The number of sulfonamides is 1. The molecule has 9 heteroatoms. The maximum absolute atomic E-state index is 11.3. The number of aromatic hydroxyl groups is 1. The summed E-state index contributed by atoms with van der Waals surface area (Å²) in [6, 6.07) is 11.5. The number of phenols is 1. The Hall–Kier alpha value is -2.01. The Kier molecular flexibility index (Phi) is 12.5. The zero-order valence-corrected chi connectivity index (χ0v) is 20.5. The summed E-state index contributed by atoms with van der Waals surface area (Å²) < 4.78 is 28.2. The third-order valence-electron chi connectivity index (χ3n) is 5.64. The molecule has 0 heterocycles. The molecule has 0 fully saturated rings. The first-order valence-electron chi connectivity index (χ1n) is 11.8. The third kappa shape index (κ3) is 10.5. The predicted molar refractivity (Wildman–Crippen MR) is 132 cm³/mol. The zero-order valence-electron chi connectivity index (χ0n) is 19.7. The van der Waals surface area contributed by atoms with Crippen molar-refractivity contribution in [2.75, 3.05) is 26.3 Å². The van der Waals surface area contributed by atoms with E-state index in [9.17, 15) is 23.7 Å². The summed E-state index contributed by atoms with van der Waals surface area (Å²) in [5.41, 5.74) is 2.17. The van der Waals surface area contributed by atoms with Crippen LogP contribution in [0.2, 0.25) is 0 Å². The van der Waals surface area contributed by atoms with Crippen LogP contribution >= 0.6 is 0 Å². The lowest BCUT2D eigenvalue weighted by Gasteiger charge is -2.14. The van der Waals surface area contributed by atoms with Crippen LogP contribution in [0.1, 0.15) is 61.3 Å². The highest BCUT2D eigenvalue weighted by Crippen LogP contribution is 2.22. The van der Waals surface area contributed by atoms with Crippen molar-refractivity contribution < 1.29 is 28.5 Å². The molecule has 2 rings (SSSR count). The number of aliphatic hydroxyl groups is 2. The monoisotopic (exact) mass is 494 g/mol. The van der Waals surface area contributed by atoms with Crippen LogP contribution in [-0.4, -0.2) is 50.0 Å². The van der Waals surface area contributed by atoms with E-state index in [1.807, 2.05) is 0 Å². The van der Waals surface area contributed by atoms with Crippen molar-refractivity contribution in [3.05, 3.63) is 59.2 Å². The maximum Gasteiger partial charge on any atom is 0.238 e. The number of hydrogen-bond acceptors (Lipinski definition) is 7. The highest BCUT2D eigenvalue weighted by atomic mass is 32.2. The Balaban J connectivity index is 1.41. The fraction of sp³-hybridized carbons (Fsp3) is 0.520. The molecule has 0 saturated carbocycles. The first-order chi connectivity index (χ1) is 16.3. The van der Waals surface area contributed by atoms with Gasteiger partial charge in [-0.2, -0.15) is 0 Å². The van der Waals surface area contributed by atoms with Crippen LogP contribution < -0.4 is 10.5 Å². The molecule has 0 amide bonds. The Morgan fingerprint density at radius 3 is 2.29 bits per heavy atom. The minimum absolute atomic E-state index is 0.0328. The van der Waals surface area contributed by atoms with Crippen molar-refractivity contribution in [2.45, 2.75) is 62.6 Å². The molecule has 0 aromatic heterocycles. The van der Waals surface area contributed by atoms with E-state index in [2.05, 4.69) is 5.32 Å². The molecular formula is C25H38N2O6S. The lowest BCUT2D eigenvalue weighted by Crippen LogP contribution is -2.22. The first-order valence-corrected chi connectivity index (χ1v) is 13.4. The second kappa shape index (κ2) is 15.1. The van der Waals surface area contributed by atoms with Gasteiger partial charge in [-0.3, -0.25) is 0 Å². The van der Waals surface area contributed by atoms with E-state index in [0.29, 0.717) is 17.7 Å². The number of ether oxygens (including phenoxy) is 1. The minimum Gasteiger partial charge on any atom is -0.508 e. The van der Waals surface area contributed by atoms with Crippen LogP contribution in [0.15, 0.2) is 47.4 Å². The van der Waals surface area contributed by atoms with E-state index in [-0.39, 0.29) is 17.3 Å². The average molecular weight is 495 g/mol. The van der Waals surface area contributed by atoms with Gasteiger partial charge in [-0.1, -0.05) is 31.0 Å². The minimum atomic E-state index is -3.63. The highest BCUT2D eigenvalue weighted by Gasteiger charge is 2.10. The van der Waals surface area contributed by atoms with Gasteiger partial charge in [0, 0.05) is 25.3 Å². The summed E-state index contributed by atoms with van der Waals surface area (Å²) in [6.45, 7) is 2.46. The number of primary sulfonamides is 1. The van der Waals surface area contributed by atoms with Gasteiger partial charge in [0.25, 0.3) is 0 Å². The molecule has 2 aromatic carbocycles. The quantitative estimate of drug-likeness (QED) is 0.213. The molecule has 1 atom stereocenters. The van der Waals surface area contributed by atoms with Gasteiger partial charge in [-0.15, -0.1) is 0 Å². The third-order valence-corrected chi connectivity index (χ3v) is 6.57. The summed E-state index contributed by atoms with van der Waals surface area (Å²) in [4.78, 5) is 0.138. The van der Waals surface area contributed by atoms with Crippen molar-refractivity contribution >= 4 is 10.0 Å². The standard InChI is InChI=1S/C25H38N2O6S/c26-34(31,32)23-11-8-20(9-12-23)7-3-6-16-33-15-5-2-1-4-14-27-18-25(30)21-10-13-24(29)22(17-21)19-28/h8-13,17,25,27-30H,1-7,14-16,18-19H2,(H2,26,31,32)/t25-/m1/s1. The summed E-state index contributed by atoms with van der Waals surface area (Å²) in [6.07, 6.45) is 6.38. The summed E-state index contributed by atoms with van der Waals surface area (Å²) in [5, 5.41) is 37.4. The molecule has 0 aliphatic carbocycles.